The van der Waals surface area contributed by atoms with Crippen LogP contribution in [0.4, 0.5) is 8.78 Å². The van der Waals surface area contributed by atoms with Crippen LogP contribution in [0.5, 0.6) is 0 Å². The second-order valence-corrected chi connectivity index (χ2v) is 9.86. The van der Waals surface area contributed by atoms with Gasteiger partial charge in [0.15, 0.2) is 0 Å². The van der Waals surface area contributed by atoms with Gasteiger partial charge in [0.2, 0.25) is 11.6 Å². The lowest BCUT2D eigenvalue weighted by molar-refractivity contribution is -0.164. The molecule has 2 aromatic rings. The quantitative estimate of drug-likeness (QED) is 0.531. The van der Waals surface area contributed by atoms with Crippen LogP contribution >= 0.6 is 0 Å². The maximum atomic E-state index is 14.8. The number of carbonyl (C=O) groups excluding carboxylic acids is 1. The van der Waals surface area contributed by atoms with E-state index in [-0.39, 0.29) is 23.5 Å². The molecule has 1 unspecified atom stereocenters. The molecule has 0 saturated carbocycles. The molecule has 0 bridgehead atoms. The van der Waals surface area contributed by atoms with Gasteiger partial charge >= 0.3 is 0 Å². The van der Waals surface area contributed by atoms with Crippen molar-refractivity contribution in [3.8, 4) is 0 Å². The highest BCUT2D eigenvalue weighted by atomic mass is 19.1. The third kappa shape index (κ3) is 5.38. The van der Waals surface area contributed by atoms with E-state index in [1.165, 1.54) is 5.01 Å². The fourth-order valence-electron chi connectivity index (χ4n) is 4.36. The number of rotatable bonds is 9. The summed E-state index contributed by atoms with van der Waals surface area (Å²) in [5.74, 6) is -1.80. The summed E-state index contributed by atoms with van der Waals surface area (Å²) in [6.07, 6.45) is 1.08. The maximum absolute atomic E-state index is 14.8. The standard InChI is InChI=1S/C27H35F2N3O3/c1-17-8-9-20(14-18(17)2)27(12-7-13-30)32(25(33)26(4,5)16-19(3)34-6)31-24(35-27)22-15-21(28)10-11-23(22)29/h8-11,14-15,19H,7,12-13,16,30H2,1-6H3/t19?,27-/m0/s1. The summed E-state index contributed by atoms with van der Waals surface area (Å²) < 4.78 is 40.6. The lowest BCUT2D eigenvalue weighted by atomic mass is 9.84. The van der Waals surface area contributed by atoms with Gasteiger partial charge in [0.25, 0.3) is 5.91 Å². The summed E-state index contributed by atoms with van der Waals surface area (Å²) >= 11 is 0. The molecule has 6 nitrogen and oxygen atoms in total. The molecule has 0 radical (unpaired) electrons. The third-order valence-electron chi connectivity index (χ3n) is 6.61. The van der Waals surface area contributed by atoms with Crippen molar-refractivity contribution in [2.75, 3.05) is 13.7 Å². The topological polar surface area (TPSA) is 77.1 Å². The molecule has 0 aliphatic carbocycles. The Balaban J connectivity index is 2.21. The summed E-state index contributed by atoms with van der Waals surface area (Å²) in [4.78, 5) is 14.0. The number of hydrazone groups is 1. The molecular weight excluding hydrogens is 452 g/mol. The van der Waals surface area contributed by atoms with Gasteiger partial charge < -0.3 is 15.2 Å². The molecule has 2 atom stereocenters. The van der Waals surface area contributed by atoms with Gasteiger partial charge in [-0.25, -0.2) is 8.78 Å². The number of benzene rings is 2. The third-order valence-corrected chi connectivity index (χ3v) is 6.61. The summed E-state index contributed by atoms with van der Waals surface area (Å²) in [6, 6.07) is 8.83. The number of ether oxygens (including phenoxy) is 2. The Morgan fingerprint density at radius 1 is 1.20 bits per heavy atom. The first kappa shape index (κ1) is 26.8. The lowest BCUT2D eigenvalue weighted by Crippen LogP contribution is -2.50. The number of halogens is 2. The average molecular weight is 488 g/mol. The summed E-state index contributed by atoms with van der Waals surface area (Å²) in [6.45, 7) is 9.83. The number of methoxy groups -OCH3 is 1. The van der Waals surface area contributed by atoms with Crippen molar-refractivity contribution < 1.29 is 23.0 Å². The van der Waals surface area contributed by atoms with Gasteiger partial charge in [-0.3, -0.25) is 4.79 Å². The van der Waals surface area contributed by atoms with Crippen LogP contribution in [-0.4, -0.2) is 36.6 Å². The molecule has 0 aromatic heterocycles. The number of hydrogen-bond acceptors (Lipinski definition) is 5. The van der Waals surface area contributed by atoms with Crippen molar-refractivity contribution >= 4 is 11.8 Å². The van der Waals surface area contributed by atoms with Gasteiger partial charge in [-0.15, -0.1) is 5.10 Å². The molecule has 0 spiro atoms. The first-order chi connectivity index (χ1) is 16.4. The van der Waals surface area contributed by atoms with E-state index >= 15 is 0 Å². The van der Waals surface area contributed by atoms with Gasteiger partial charge in [0.05, 0.1) is 11.7 Å². The molecule has 2 aromatic carbocycles. The minimum absolute atomic E-state index is 0.149. The zero-order valence-corrected chi connectivity index (χ0v) is 21.3. The van der Waals surface area contributed by atoms with Crippen molar-refractivity contribution in [1.82, 2.24) is 5.01 Å². The van der Waals surface area contributed by atoms with Crippen LogP contribution in [0.2, 0.25) is 0 Å². The van der Waals surface area contributed by atoms with Gasteiger partial charge in [-0.05, 0) is 75.5 Å². The van der Waals surface area contributed by atoms with E-state index in [9.17, 15) is 13.6 Å². The van der Waals surface area contributed by atoms with Crippen LogP contribution in [0.1, 0.15) is 62.3 Å². The van der Waals surface area contributed by atoms with Crippen molar-refractivity contribution in [2.24, 2.45) is 16.3 Å². The fourth-order valence-corrected chi connectivity index (χ4v) is 4.36. The largest absolute Gasteiger partial charge is 0.443 e. The highest BCUT2D eigenvalue weighted by molar-refractivity contribution is 5.97. The smallest absolute Gasteiger partial charge is 0.252 e. The molecule has 3 rings (SSSR count). The van der Waals surface area contributed by atoms with E-state index < -0.39 is 22.8 Å². The van der Waals surface area contributed by atoms with E-state index in [2.05, 4.69) is 5.10 Å². The predicted molar refractivity (Wildman–Crippen MR) is 132 cm³/mol. The van der Waals surface area contributed by atoms with Crippen molar-refractivity contribution in [2.45, 2.75) is 65.7 Å². The van der Waals surface area contributed by atoms with Crippen LogP contribution in [0.25, 0.3) is 0 Å². The molecule has 1 amide bonds. The Hall–Kier alpha value is -2.84. The normalized spacial score (nSPS) is 18.9. The molecule has 1 aliphatic rings. The predicted octanol–water partition coefficient (Wildman–Crippen LogP) is 5.15. The minimum Gasteiger partial charge on any atom is -0.443 e. The van der Waals surface area contributed by atoms with E-state index in [0.717, 1.165) is 29.3 Å². The fraction of sp³-hybridized carbons (Fsp3) is 0.481. The number of nitrogens with two attached hydrogens (primary N) is 1. The van der Waals surface area contributed by atoms with E-state index in [1.807, 2.05) is 52.8 Å². The first-order valence-corrected chi connectivity index (χ1v) is 11.8. The van der Waals surface area contributed by atoms with Gasteiger partial charge in [0.1, 0.15) is 11.6 Å². The zero-order valence-electron chi connectivity index (χ0n) is 21.3. The monoisotopic (exact) mass is 487 g/mol. The highest BCUT2D eigenvalue weighted by Gasteiger charge is 2.53. The van der Waals surface area contributed by atoms with E-state index in [1.54, 1.807) is 7.11 Å². The zero-order chi connectivity index (χ0) is 26.0. The lowest BCUT2D eigenvalue weighted by Gasteiger charge is -2.39. The summed E-state index contributed by atoms with van der Waals surface area (Å²) in [5.41, 5.74) is 6.23. The highest BCUT2D eigenvalue weighted by Crippen LogP contribution is 2.44. The minimum atomic E-state index is -1.36. The first-order valence-electron chi connectivity index (χ1n) is 11.8. The number of aryl methyl sites for hydroxylation is 2. The van der Waals surface area contributed by atoms with Gasteiger partial charge in [-0.2, -0.15) is 5.01 Å². The van der Waals surface area contributed by atoms with Gasteiger partial charge in [-0.1, -0.05) is 26.0 Å². The number of carbonyl (C=O) groups is 1. The van der Waals surface area contributed by atoms with E-state index in [4.69, 9.17) is 15.2 Å². The second kappa shape index (κ2) is 10.4. The van der Waals surface area contributed by atoms with Crippen LogP contribution in [0, 0.1) is 30.9 Å². The summed E-state index contributed by atoms with van der Waals surface area (Å²) in [5, 5.41) is 5.78. The van der Waals surface area contributed by atoms with Crippen LogP contribution < -0.4 is 5.73 Å². The Kier molecular flexibility index (Phi) is 7.97. The van der Waals surface area contributed by atoms with Crippen molar-refractivity contribution in [1.29, 1.82) is 0 Å². The van der Waals surface area contributed by atoms with Crippen LogP contribution in [0.3, 0.4) is 0 Å². The Bertz CT molecular complexity index is 1120. The molecule has 2 N–H and O–H groups in total. The van der Waals surface area contributed by atoms with Crippen LogP contribution in [0.15, 0.2) is 41.5 Å². The van der Waals surface area contributed by atoms with Crippen molar-refractivity contribution in [3.63, 3.8) is 0 Å². The number of amides is 1. The van der Waals surface area contributed by atoms with Gasteiger partial charge in [0, 0.05) is 24.5 Å². The van der Waals surface area contributed by atoms with Crippen molar-refractivity contribution in [3.05, 3.63) is 70.3 Å². The maximum Gasteiger partial charge on any atom is 0.252 e. The molecule has 1 aliphatic heterocycles. The van der Waals surface area contributed by atoms with Crippen LogP contribution in [-0.2, 0) is 20.0 Å². The van der Waals surface area contributed by atoms with E-state index in [0.29, 0.717) is 31.4 Å². The molecule has 190 valence electrons. The Morgan fingerprint density at radius 3 is 2.54 bits per heavy atom. The molecule has 35 heavy (non-hydrogen) atoms. The molecule has 0 saturated heterocycles. The summed E-state index contributed by atoms with van der Waals surface area (Å²) in [7, 11) is 1.59. The molecular formula is C27H35F2N3O3. The average Bonchev–Trinajstić information content (AvgIpc) is 3.20. The number of hydrogen-bond donors (Lipinski definition) is 1. The second-order valence-electron chi connectivity index (χ2n) is 9.86. The molecule has 1 heterocycles. The number of nitrogens with zero attached hydrogens (tertiary/aromatic N) is 2. The SMILES string of the molecule is COC(C)CC(C)(C)C(=O)N1N=C(c2cc(F)ccc2F)O[C@@]1(CCCN)c1ccc(C)c(C)c1. The molecule has 0 fully saturated rings. The Labute approximate surface area is 206 Å². The Morgan fingerprint density at radius 2 is 1.91 bits per heavy atom. The molecule has 8 heteroatoms.